The van der Waals surface area contributed by atoms with Crippen molar-refractivity contribution in [3.05, 3.63) is 267 Å². The second kappa shape index (κ2) is 33.8. The molecule has 0 spiro atoms. The van der Waals surface area contributed by atoms with Crippen LogP contribution in [0, 0.1) is 64.2 Å². The Labute approximate surface area is 552 Å². The van der Waals surface area contributed by atoms with Gasteiger partial charge in [-0.15, -0.1) is 34.8 Å². The average Bonchev–Trinajstić information content (AvgIpc) is 1.82. The number of alkyl halides is 4. The van der Waals surface area contributed by atoms with Crippen LogP contribution in [0.15, 0.2) is 206 Å². The summed E-state index contributed by atoms with van der Waals surface area (Å²) < 4.78 is 18.4. The van der Waals surface area contributed by atoms with Crippen molar-refractivity contribution in [2.75, 3.05) is 37.5 Å². The van der Waals surface area contributed by atoms with Gasteiger partial charge in [0.2, 0.25) is 0 Å². The first-order valence-corrected chi connectivity index (χ1v) is 32.3. The molecule has 0 saturated heterocycles. The SMILES string of the molecule is Cc1ccc(-c2[nH]c3ccc(C)cc3c2C#N)cc1.Cc1ccc(-c2c(C#N)c3cc(C)ccc3n2Cc2ccc(OCCCl)cc2)cc1.Cc1ccc(-c2cc3cc(C)ccc3[nH]2)cc1.ClCCOc1ccc(CBr)cc1.OCc1ccc(OCCCl)cc1. The van der Waals surface area contributed by atoms with E-state index < -0.39 is 0 Å². The van der Waals surface area contributed by atoms with Crippen molar-refractivity contribution in [2.45, 2.75) is 60.0 Å². The Morgan fingerprint density at radius 1 is 0.444 bits per heavy atom. The van der Waals surface area contributed by atoms with E-state index in [-0.39, 0.29) is 6.61 Å². The number of benzene rings is 9. The molecule has 3 heterocycles. The number of nitrogens with zero attached hydrogens (tertiary/aromatic N) is 3. The highest BCUT2D eigenvalue weighted by molar-refractivity contribution is 9.08. The molecular formula is C77H73BrCl3N5O4. The molecule has 9 aromatic carbocycles. The van der Waals surface area contributed by atoms with E-state index >= 15 is 0 Å². The number of hydrogen-bond donors (Lipinski definition) is 3. The van der Waals surface area contributed by atoms with Crippen LogP contribution in [0.4, 0.5) is 0 Å². The number of nitriles is 2. The van der Waals surface area contributed by atoms with E-state index in [1.54, 1.807) is 0 Å². The van der Waals surface area contributed by atoms with Gasteiger partial charge in [0.05, 0.1) is 52.3 Å². The minimum atomic E-state index is 0.0653. The molecule has 0 unspecified atom stereocenters. The Morgan fingerprint density at radius 3 is 1.37 bits per heavy atom. The van der Waals surface area contributed by atoms with Crippen molar-refractivity contribution in [1.82, 2.24) is 14.5 Å². The minimum absolute atomic E-state index is 0.0653. The van der Waals surface area contributed by atoms with Gasteiger partial charge in [0.1, 0.15) is 49.2 Å². The van der Waals surface area contributed by atoms with Crippen LogP contribution in [-0.2, 0) is 18.5 Å². The number of nitrogens with one attached hydrogen (secondary N) is 2. The maximum absolute atomic E-state index is 10.0. The van der Waals surface area contributed by atoms with E-state index in [2.05, 4.69) is 205 Å². The van der Waals surface area contributed by atoms with Crippen LogP contribution >= 0.6 is 50.7 Å². The number of ether oxygens (including phenoxy) is 3. The molecule has 0 amide bonds. The second-order valence-corrected chi connectivity index (χ2v) is 23.4. The number of aryl methyl sites for hydroxylation is 6. The fourth-order valence-corrected chi connectivity index (χ4v) is 10.6. The quantitative estimate of drug-likeness (QED) is 0.0826. The van der Waals surface area contributed by atoms with Gasteiger partial charge in [-0.05, 0) is 154 Å². The molecule has 0 radical (unpaired) electrons. The molecule has 0 bridgehead atoms. The van der Waals surface area contributed by atoms with Crippen LogP contribution in [0.25, 0.3) is 66.5 Å². The van der Waals surface area contributed by atoms with E-state index in [1.807, 2.05) is 85.8 Å². The van der Waals surface area contributed by atoms with Crippen molar-refractivity contribution >= 4 is 83.4 Å². The first-order chi connectivity index (χ1) is 43.7. The van der Waals surface area contributed by atoms with E-state index in [4.69, 9.17) is 54.1 Å². The number of H-pyrrole nitrogens is 2. The third kappa shape index (κ3) is 18.5. The molecule has 0 atom stereocenters. The predicted molar refractivity (Wildman–Crippen MR) is 378 cm³/mol. The number of aliphatic hydroxyl groups excluding tert-OH is 1. The molecule has 458 valence electrons. The van der Waals surface area contributed by atoms with Crippen LogP contribution < -0.4 is 14.2 Å². The summed E-state index contributed by atoms with van der Waals surface area (Å²) in [5, 5.41) is 32.4. The lowest BCUT2D eigenvalue weighted by molar-refractivity contribution is 0.281. The predicted octanol–water partition coefficient (Wildman–Crippen LogP) is 20.2. The standard InChI is InChI=1S/C26H23ClN2O.C17H14N2.C16H15N.C9H10BrClO.C9H11ClO2/c1-18-3-8-21(9-4-18)26-24(16-28)23-15-19(2)5-12-25(23)29(26)17-20-6-10-22(11-7-20)30-14-13-27;1-11-3-6-13(7-4-11)17-15(10-18)14-9-12(2)5-8-16(14)19-17;1-11-3-6-13(7-4-11)16-10-14-9-12(2)5-8-15(14)17-16;10-7-8-1-3-9(4-2-8)12-6-5-11;10-5-6-12-9-3-1-8(7-11)2-4-9/h3-12,15H,13-14,17H2,1-2H3;3-9,19H,1-2H3;3-10,17H,1-2H3;1-4H,5-7H2;1-4,11H,5-7H2. The van der Waals surface area contributed by atoms with Gasteiger partial charge in [0.15, 0.2) is 0 Å². The summed E-state index contributed by atoms with van der Waals surface area (Å²) in [6.07, 6.45) is 0. The molecule has 12 aromatic rings. The Hall–Kier alpha value is -8.71. The molecule has 3 aromatic heterocycles. The summed E-state index contributed by atoms with van der Waals surface area (Å²) in [5.74, 6) is 3.95. The topological polar surface area (TPSA) is 132 Å². The highest BCUT2D eigenvalue weighted by Crippen LogP contribution is 2.36. The van der Waals surface area contributed by atoms with E-state index in [0.29, 0.717) is 44.0 Å². The Kier molecular flexibility index (Phi) is 25.2. The summed E-state index contributed by atoms with van der Waals surface area (Å²) in [7, 11) is 0. The molecule has 0 fully saturated rings. The van der Waals surface area contributed by atoms with Crippen LogP contribution in [0.5, 0.6) is 17.2 Å². The third-order valence-corrected chi connectivity index (χ3v) is 15.8. The third-order valence-electron chi connectivity index (χ3n) is 14.7. The summed E-state index contributed by atoms with van der Waals surface area (Å²) in [5.41, 5.74) is 21.7. The Balaban J connectivity index is 0.000000152. The maximum atomic E-state index is 10.0. The normalized spacial score (nSPS) is 10.5. The summed E-state index contributed by atoms with van der Waals surface area (Å²) in [6.45, 7) is 14.8. The number of rotatable bonds is 16. The van der Waals surface area contributed by atoms with E-state index in [9.17, 15) is 10.5 Å². The zero-order chi connectivity index (χ0) is 63.9. The number of aliphatic hydroxyl groups is 1. The number of fused-ring (bicyclic) bond motifs is 3. The highest BCUT2D eigenvalue weighted by Gasteiger charge is 2.20. The molecule has 0 aliphatic heterocycles. The van der Waals surface area contributed by atoms with Crippen LogP contribution in [0.3, 0.4) is 0 Å². The van der Waals surface area contributed by atoms with Crippen molar-refractivity contribution in [2.24, 2.45) is 0 Å². The molecule has 3 N–H and O–H groups in total. The van der Waals surface area contributed by atoms with Gasteiger partial charge in [-0.25, -0.2) is 0 Å². The van der Waals surface area contributed by atoms with Gasteiger partial charge in [-0.1, -0.05) is 177 Å². The molecule has 9 nitrogen and oxygen atoms in total. The van der Waals surface area contributed by atoms with Crippen LogP contribution in [0.2, 0.25) is 0 Å². The van der Waals surface area contributed by atoms with Crippen LogP contribution in [-0.4, -0.2) is 57.1 Å². The number of hydrogen-bond acceptors (Lipinski definition) is 6. The molecule has 0 saturated carbocycles. The maximum Gasteiger partial charge on any atom is 0.119 e. The van der Waals surface area contributed by atoms with Gasteiger partial charge in [0.25, 0.3) is 0 Å². The smallest absolute Gasteiger partial charge is 0.119 e. The Morgan fingerprint density at radius 2 is 0.878 bits per heavy atom. The van der Waals surface area contributed by atoms with Crippen LogP contribution in [0.1, 0.15) is 61.2 Å². The lowest BCUT2D eigenvalue weighted by atomic mass is 10.0. The average molecular weight is 1320 g/mol. The molecule has 0 aliphatic rings. The largest absolute Gasteiger partial charge is 0.492 e. The first-order valence-electron chi connectivity index (χ1n) is 29.6. The zero-order valence-corrected chi connectivity index (χ0v) is 55.4. The molecular weight excluding hydrogens is 1250 g/mol. The van der Waals surface area contributed by atoms with Gasteiger partial charge in [-0.3, -0.25) is 0 Å². The minimum Gasteiger partial charge on any atom is -0.492 e. The number of aromatic nitrogens is 3. The van der Waals surface area contributed by atoms with Gasteiger partial charge in [-0.2, -0.15) is 10.5 Å². The Bertz CT molecular complexity index is 4270. The van der Waals surface area contributed by atoms with E-state index in [0.717, 1.165) is 94.7 Å². The zero-order valence-electron chi connectivity index (χ0n) is 51.5. The molecule has 0 aliphatic carbocycles. The molecule has 90 heavy (non-hydrogen) atoms. The lowest BCUT2D eigenvalue weighted by Crippen LogP contribution is -2.03. The summed E-state index contributed by atoms with van der Waals surface area (Å²) in [4.78, 5) is 6.81. The van der Waals surface area contributed by atoms with Crippen molar-refractivity contribution in [3.63, 3.8) is 0 Å². The molecule has 13 heteroatoms. The number of aromatic amines is 2. The first kappa shape index (κ1) is 67.2. The van der Waals surface area contributed by atoms with Gasteiger partial charge < -0.3 is 33.9 Å². The van der Waals surface area contributed by atoms with E-state index in [1.165, 1.54) is 55.5 Å². The molecule has 12 rings (SSSR count). The lowest BCUT2D eigenvalue weighted by Gasteiger charge is -2.13. The van der Waals surface area contributed by atoms with Gasteiger partial charge >= 0.3 is 0 Å². The fraction of sp³-hybridized carbons (Fsp3) is 0.195. The summed E-state index contributed by atoms with van der Waals surface area (Å²) >= 11 is 20.0. The number of halogens is 4. The van der Waals surface area contributed by atoms with Gasteiger partial charge in [0, 0.05) is 44.8 Å². The fourth-order valence-electron chi connectivity index (χ4n) is 9.97. The second-order valence-electron chi connectivity index (χ2n) is 21.7. The van der Waals surface area contributed by atoms with Crippen molar-refractivity contribution < 1.29 is 19.3 Å². The highest BCUT2D eigenvalue weighted by atomic mass is 79.9. The summed E-state index contributed by atoms with van der Waals surface area (Å²) in [6, 6.07) is 74.4. The van der Waals surface area contributed by atoms with Crippen molar-refractivity contribution in [1.29, 1.82) is 10.5 Å². The van der Waals surface area contributed by atoms with Crippen molar-refractivity contribution in [3.8, 4) is 63.2 Å². The monoisotopic (exact) mass is 1320 g/mol.